The van der Waals surface area contributed by atoms with Gasteiger partial charge in [0.25, 0.3) is 5.91 Å². The maximum Gasteiger partial charge on any atom is 0.326 e. The van der Waals surface area contributed by atoms with Crippen molar-refractivity contribution in [3.8, 4) is 5.75 Å². The Morgan fingerprint density at radius 2 is 1.62 bits per heavy atom. The van der Waals surface area contributed by atoms with Crippen LogP contribution in [0.1, 0.15) is 11.1 Å². The summed E-state index contributed by atoms with van der Waals surface area (Å²) < 4.78 is 5.83. The van der Waals surface area contributed by atoms with Crippen LogP contribution in [-0.4, -0.2) is 11.9 Å². The number of amides is 3. The first kappa shape index (κ1) is 15.9. The molecule has 0 atom stereocenters. The monoisotopic (exact) mass is 344 g/mol. The van der Waals surface area contributed by atoms with Crippen LogP contribution in [0.15, 0.2) is 72.4 Å². The van der Waals surface area contributed by atoms with Crippen molar-refractivity contribution in [1.82, 2.24) is 10.6 Å². The Morgan fingerprint density at radius 3 is 2.35 bits per heavy atom. The summed E-state index contributed by atoms with van der Waals surface area (Å²) in [5, 5.41) is 7.02. The Bertz CT molecular complexity index is 1020. The molecule has 3 aromatic rings. The van der Waals surface area contributed by atoms with Gasteiger partial charge >= 0.3 is 6.03 Å². The van der Waals surface area contributed by atoms with Crippen molar-refractivity contribution in [3.63, 3.8) is 0 Å². The third kappa shape index (κ3) is 3.42. The van der Waals surface area contributed by atoms with Gasteiger partial charge in [-0.3, -0.25) is 10.1 Å². The van der Waals surface area contributed by atoms with Crippen molar-refractivity contribution in [2.24, 2.45) is 0 Å². The Hall–Kier alpha value is -3.60. The van der Waals surface area contributed by atoms with Gasteiger partial charge < -0.3 is 10.1 Å². The van der Waals surface area contributed by atoms with Crippen LogP contribution < -0.4 is 15.4 Å². The van der Waals surface area contributed by atoms with E-state index in [9.17, 15) is 9.59 Å². The summed E-state index contributed by atoms with van der Waals surface area (Å²) in [6.07, 6.45) is 1.62. The molecule has 5 heteroatoms. The minimum atomic E-state index is -0.503. The minimum absolute atomic E-state index is 0.236. The van der Waals surface area contributed by atoms with Crippen LogP contribution in [0.3, 0.4) is 0 Å². The highest BCUT2D eigenvalue weighted by Crippen LogP contribution is 2.19. The molecule has 3 amide bonds. The molecule has 0 spiro atoms. The molecule has 0 radical (unpaired) electrons. The van der Waals surface area contributed by atoms with Gasteiger partial charge in [-0.15, -0.1) is 0 Å². The SMILES string of the molecule is O=C1NC(=O)/C(=C\c2ccc(OCc3ccc4ccccc4c3)cc2)N1. The van der Waals surface area contributed by atoms with Crippen molar-refractivity contribution in [2.75, 3.05) is 0 Å². The quantitative estimate of drug-likeness (QED) is 0.561. The first-order valence-electron chi connectivity index (χ1n) is 8.22. The third-order valence-corrected chi connectivity index (χ3v) is 4.13. The lowest BCUT2D eigenvalue weighted by atomic mass is 10.1. The highest BCUT2D eigenvalue weighted by Gasteiger charge is 2.22. The lowest BCUT2D eigenvalue weighted by Gasteiger charge is -2.08. The van der Waals surface area contributed by atoms with Crippen molar-refractivity contribution < 1.29 is 14.3 Å². The van der Waals surface area contributed by atoms with Crippen molar-refractivity contribution in [2.45, 2.75) is 6.61 Å². The molecule has 0 bridgehead atoms. The molecule has 2 N–H and O–H groups in total. The molecular weight excluding hydrogens is 328 g/mol. The molecule has 0 aliphatic carbocycles. The minimum Gasteiger partial charge on any atom is -0.489 e. The molecule has 1 saturated heterocycles. The Labute approximate surface area is 150 Å². The van der Waals surface area contributed by atoms with E-state index in [0.717, 1.165) is 16.9 Å². The number of fused-ring (bicyclic) bond motifs is 1. The standard InChI is InChI=1S/C21H16N2O3/c24-20-19(22-21(25)23-20)12-14-6-9-18(10-7-14)26-13-15-5-8-16-3-1-2-4-17(16)11-15/h1-12H,13H2,(H2,22,23,24,25)/b19-12+. The van der Waals surface area contributed by atoms with Crippen LogP contribution in [0.25, 0.3) is 16.8 Å². The second kappa shape index (κ2) is 6.72. The second-order valence-corrected chi connectivity index (χ2v) is 6.01. The zero-order valence-corrected chi connectivity index (χ0v) is 13.9. The predicted octanol–water partition coefficient (Wildman–Crippen LogP) is 3.60. The summed E-state index contributed by atoms with van der Waals surface area (Å²) >= 11 is 0. The van der Waals surface area contributed by atoms with Crippen LogP contribution in [0.4, 0.5) is 4.79 Å². The van der Waals surface area contributed by atoms with Gasteiger partial charge in [-0.2, -0.15) is 0 Å². The van der Waals surface area contributed by atoms with Gasteiger partial charge in [0.05, 0.1) is 0 Å². The van der Waals surface area contributed by atoms with Crippen molar-refractivity contribution >= 4 is 28.8 Å². The highest BCUT2D eigenvalue weighted by atomic mass is 16.5. The Balaban J connectivity index is 1.43. The van der Waals surface area contributed by atoms with Gasteiger partial charge in [-0.25, -0.2) is 4.79 Å². The lowest BCUT2D eigenvalue weighted by Crippen LogP contribution is -2.22. The van der Waals surface area contributed by atoms with Crippen LogP contribution in [0, 0.1) is 0 Å². The average molecular weight is 344 g/mol. The predicted molar refractivity (Wildman–Crippen MR) is 99.4 cm³/mol. The van der Waals surface area contributed by atoms with Gasteiger partial charge in [-0.1, -0.05) is 48.5 Å². The molecule has 26 heavy (non-hydrogen) atoms. The van der Waals surface area contributed by atoms with E-state index in [4.69, 9.17) is 4.74 Å². The van der Waals surface area contributed by atoms with E-state index >= 15 is 0 Å². The van der Waals surface area contributed by atoms with Crippen molar-refractivity contribution in [3.05, 3.63) is 83.6 Å². The number of hydrogen-bond donors (Lipinski definition) is 2. The van der Waals surface area contributed by atoms with E-state index in [1.165, 1.54) is 10.8 Å². The number of ether oxygens (including phenoxy) is 1. The van der Waals surface area contributed by atoms with Crippen LogP contribution in [-0.2, 0) is 11.4 Å². The molecule has 0 saturated carbocycles. The van der Waals surface area contributed by atoms with E-state index in [0.29, 0.717) is 6.61 Å². The zero-order chi connectivity index (χ0) is 17.9. The maximum absolute atomic E-state index is 11.5. The van der Waals surface area contributed by atoms with Gasteiger partial charge in [0.1, 0.15) is 18.1 Å². The van der Waals surface area contributed by atoms with E-state index in [-0.39, 0.29) is 5.70 Å². The number of benzene rings is 3. The van der Waals surface area contributed by atoms with Gasteiger partial charge in [-0.05, 0) is 46.2 Å². The second-order valence-electron chi connectivity index (χ2n) is 6.01. The summed E-state index contributed by atoms with van der Waals surface area (Å²) in [6, 6.07) is 21.3. The largest absolute Gasteiger partial charge is 0.489 e. The molecular formula is C21H16N2O3. The molecule has 128 valence electrons. The van der Waals surface area contributed by atoms with Crippen molar-refractivity contribution in [1.29, 1.82) is 0 Å². The van der Waals surface area contributed by atoms with Gasteiger partial charge in [0.15, 0.2) is 0 Å². The smallest absolute Gasteiger partial charge is 0.326 e. The molecule has 3 aromatic carbocycles. The van der Waals surface area contributed by atoms with E-state index < -0.39 is 11.9 Å². The van der Waals surface area contributed by atoms with Gasteiger partial charge in [0.2, 0.25) is 0 Å². The molecule has 1 aliphatic rings. The van der Waals surface area contributed by atoms with Crippen LogP contribution >= 0.6 is 0 Å². The molecule has 4 rings (SSSR count). The fourth-order valence-corrected chi connectivity index (χ4v) is 2.80. The number of urea groups is 1. The summed E-state index contributed by atoms with van der Waals surface area (Å²) in [7, 11) is 0. The van der Waals surface area contributed by atoms with E-state index in [2.05, 4.69) is 41.0 Å². The fraction of sp³-hybridized carbons (Fsp3) is 0.0476. The molecule has 1 heterocycles. The Kier molecular flexibility index (Phi) is 4.11. The lowest BCUT2D eigenvalue weighted by molar-refractivity contribution is -0.115. The molecule has 5 nitrogen and oxygen atoms in total. The third-order valence-electron chi connectivity index (χ3n) is 4.13. The van der Waals surface area contributed by atoms with Crippen LogP contribution in [0.2, 0.25) is 0 Å². The average Bonchev–Trinajstić information content (AvgIpc) is 2.98. The number of carbonyl (C=O) groups excluding carboxylic acids is 2. The summed E-state index contributed by atoms with van der Waals surface area (Å²) in [5.41, 5.74) is 2.13. The molecule has 1 fully saturated rings. The van der Waals surface area contributed by atoms with E-state index in [1.807, 2.05) is 36.4 Å². The molecule has 0 aromatic heterocycles. The van der Waals surface area contributed by atoms with Crippen LogP contribution in [0.5, 0.6) is 5.75 Å². The van der Waals surface area contributed by atoms with Gasteiger partial charge in [0, 0.05) is 0 Å². The summed E-state index contributed by atoms with van der Waals surface area (Å²) in [6.45, 7) is 0.476. The normalized spacial score (nSPS) is 15.2. The number of hydrogen-bond acceptors (Lipinski definition) is 3. The fourth-order valence-electron chi connectivity index (χ4n) is 2.80. The highest BCUT2D eigenvalue weighted by molar-refractivity contribution is 6.13. The molecule has 1 aliphatic heterocycles. The zero-order valence-electron chi connectivity index (χ0n) is 13.9. The summed E-state index contributed by atoms with van der Waals surface area (Å²) in [4.78, 5) is 22.6. The first-order chi connectivity index (χ1) is 12.7. The number of nitrogens with one attached hydrogen (secondary N) is 2. The van der Waals surface area contributed by atoms with E-state index in [1.54, 1.807) is 6.08 Å². The molecule has 0 unspecified atom stereocenters. The number of imide groups is 1. The summed E-state index contributed by atoms with van der Waals surface area (Å²) in [5.74, 6) is 0.312. The Morgan fingerprint density at radius 1 is 0.846 bits per heavy atom. The topological polar surface area (TPSA) is 67.4 Å². The first-order valence-corrected chi connectivity index (χ1v) is 8.22. The number of rotatable bonds is 4. The number of carbonyl (C=O) groups is 2. The maximum atomic E-state index is 11.5.